The molecule has 1 rings (SSSR count). The van der Waals surface area contributed by atoms with E-state index in [-0.39, 0.29) is 11.9 Å². The predicted octanol–water partition coefficient (Wildman–Crippen LogP) is 3.19. The van der Waals surface area contributed by atoms with E-state index in [1.165, 1.54) is 0 Å². The Balaban J connectivity index is 2.79. The number of amides is 1. The van der Waals surface area contributed by atoms with Crippen LogP contribution in [0.4, 0.5) is 13.2 Å². The largest absolute Gasteiger partial charge is 0.503 e. The zero-order valence-corrected chi connectivity index (χ0v) is 11.8. The molecule has 1 atom stereocenters. The number of alkyl halides is 1. The number of halogens is 4. The lowest BCUT2D eigenvalue weighted by molar-refractivity contribution is 0.0947. The first-order chi connectivity index (χ1) is 9.23. The van der Waals surface area contributed by atoms with Gasteiger partial charge in [0.1, 0.15) is 0 Å². The van der Waals surface area contributed by atoms with Crippen LogP contribution in [0.1, 0.15) is 30.6 Å². The maximum Gasteiger partial charge on any atom is 0.254 e. The lowest BCUT2D eigenvalue weighted by atomic mass is 10.1. The second-order valence-electron chi connectivity index (χ2n) is 4.82. The van der Waals surface area contributed by atoms with Gasteiger partial charge in [0.25, 0.3) is 5.91 Å². The zero-order chi connectivity index (χ0) is 15.4. The second kappa shape index (κ2) is 6.83. The molecule has 1 aromatic carbocycles. The van der Waals surface area contributed by atoms with Gasteiger partial charge in [0.2, 0.25) is 5.82 Å². The molecule has 2 N–H and O–H groups in total. The summed E-state index contributed by atoms with van der Waals surface area (Å²) in [6.45, 7) is 3.95. The molecule has 112 valence electrons. The predicted molar refractivity (Wildman–Crippen MR) is 69.4 cm³/mol. The van der Waals surface area contributed by atoms with Gasteiger partial charge in [-0.25, -0.2) is 8.78 Å². The standard InChI is InChI=1S/C13H15ClF3NO2/c1-6(2)3-7(14)5-18-13(20)8-4-9(15)11(17)12(19)10(8)16/h4,6-7,19H,3,5H2,1-2H3,(H,18,20). The molecule has 0 aromatic heterocycles. The van der Waals surface area contributed by atoms with E-state index < -0.39 is 34.7 Å². The Labute approximate surface area is 119 Å². The maximum absolute atomic E-state index is 13.5. The normalized spacial score (nSPS) is 12.6. The number of aromatic hydroxyl groups is 1. The van der Waals surface area contributed by atoms with E-state index in [9.17, 15) is 18.0 Å². The van der Waals surface area contributed by atoms with Crippen molar-refractivity contribution in [1.82, 2.24) is 5.32 Å². The van der Waals surface area contributed by atoms with Gasteiger partial charge in [-0.05, 0) is 18.4 Å². The Kier molecular flexibility index (Phi) is 5.68. The third-order valence-corrected chi connectivity index (χ3v) is 2.92. The number of phenolic OH excluding ortho intramolecular Hbond substituents is 1. The molecule has 1 amide bonds. The first-order valence-corrected chi connectivity index (χ1v) is 6.46. The number of phenols is 1. The highest BCUT2D eigenvalue weighted by Gasteiger charge is 2.22. The van der Waals surface area contributed by atoms with Gasteiger partial charge >= 0.3 is 0 Å². The van der Waals surface area contributed by atoms with Crippen molar-refractivity contribution >= 4 is 17.5 Å². The SMILES string of the molecule is CC(C)CC(Cl)CNC(=O)c1cc(F)c(F)c(O)c1F. The lowest BCUT2D eigenvalue weighted by Crippen LogP contribution is -2.31. The van der Waals surface area contributed by atoms with Crippen molar-refractivity contribution in [1.29, 1.82) is 0 Å². The molecule has 0 aliphatic heterocycles. The number of carbonyl (C=O) groups is 1. The van der Waals surface area contributed by atoms with Gasteiger partial charge in [-0.3, -0.25) is 4.79 Å². The number of rotatable bonds is 5. The first-order valence-electron chi connectivity index (χ1n) is 6.02. The Hall–Kier alpha value is -1.43. The van der Waals surface area contributed by atoms with Crippen LogP contribution in [-0.2, 0) is 0 Å². The van der Waals surface area contributed by atoms with Crippen LogP contribution in [0, 0.1) is 23.4 Å². The van der Waals surface area contributed by atoms with Gasteiger partial charge in [0.15, 0.2) is 17.4 Å². The molecule has 0 aliphatic carbocycles. The van der Waals surface area contributed by atoms with E-state index in [0.29, 0.717) is 18.4 Å². The summed E-state index contributed by atoms with van der Waals surface area (Å²) in [7, 11) is 0. The van der Waals surface area contributed by atoms with Gasteiger partial charge in [-0.2, -0.15) is 4.39 Å². The third kappa shape index (κ3) is 4.03. The quantitative estimate of drug-likeness (QED) is 0.648. The number of nitrogens with one attached hydrogen (secondary N) is 1. The van der Waals surface area contributed by atoms with Crippen molar-refractivity contribution < 1.29 is 23.1 Å². The molecule has 0 heterocycles. The summed E-state index contributed by atoms with van der Waals surface area (Å²) in [5, 5.41) is 11.0. The Bertz CT molecular complexity index is 509. The number of hydrogen-bond acceptors (Lipinski definition) is 2. The maximum atomic E-state index is 13.5. The van der Waals surface area contributed by atoms with Crippen LogP contribution in [-0.4, -0.2) is 22.9 Å². The van der Waals surface area contributed by atoms with Crippen molar-refractivity contribution in [3.8, 4) is 5.75 Å². The second-order valence-corrected chi connectivity index (χ2v) is 5.44. The summed E-state index contributed by atoms with van der Waals surface area (Å²) in [6, 6.07) is 0.394. The lowest BCUT2D eigenvalue weighted by Gasteiger charge is -2.13. The molecule has 0 radical (unpaired) electrons. The van der Waals surface area contributed by atoms with Crippen molar-refractivity contribution in [2.24, 2.45) is 5.92 Å². The van der Waals surface area contributed by atoms with Crippen LogP contribution >= 0.6 is 11.6 Å². The van der Waals surface area contributed by atoms with Crippen molar-refractivity contribution in [2.75, 3.05) is 6.54 Å². The Morgan fingerprint density at radius 1 is 1.35 bits per heavy atom. The van der Waals surface area contributed by atoms with E-state index >= 15 is 0 Å². The van der Waals surface area contributed by atoms with Gasteiger partial charge in [-0.15, -0.1) is 11.6 Å². The third-order valence-electron chi connectivity index (χ3n) is 2.59. The minimum Gasteiger partial charge on any atom is -0.503 e. The minimum atomic E-state index is -1.73. The highest BCUT2D eigenvalue weighted by Crippen LogP contribution is 2.25. The highest BCUT2D eigenvalue weighted by molar-refractivity contribution is 6.21. The smallest absolute Gasteiger partial charge is 0.254 e. The average molecular weight is 310 g/mol. The number of benzene rings is 1. The zero-order valence-electron chi connectivity index (χ0n) is 11.0. The molecule has 0 saturated heterocycles. The van der Waals surface area contributed by atoms with Crippen LogP contribution < -0.4 is 5.32 Å². The average Bonchev–Trinajstić information content (AvgIpc) is 2.37. The fraction of sp³-hybridized carbons (Fsp3) is 0.462. The molecule has 1 unspecified atom stereocenters. The van der Waals surface area contributed by atoms with E-state index in [4.69, 9.17) is 16.7 Å². The Morgan fingerprint density at radius 2 is 1.95 bits per heavy atom. The molecular formula is C13H15ClF3NO2. The number of hydrogen-bond donors (Lipinski definition) is 2. The van der Waals surface area contributed by atoms with E-state index in [0.717, 1.165) is 0 Å². The van der Waals surface area contributed by atoms with Crippen molar-refractivity contribution in [3.05, 3.63) is 29.1 Å². The van der Waals surface area contributed by atoms with Crippen LogP contribution in [0.25, 0.3) is 0 Å². The molecule has 0 spiro atoms. The van der Waals surface area contributed by atoms with Gasteiger partial charge in [0.05, 0.1) is 10.9 Å². The van der Waals surface area contributed by atoms with Crippen LogP contribution in [0.3, 0.4) is 0 Å². The molecule has 20 heavy (non-hydrogen) atoms. The minimum absolute atomic E-state index is 0.0533. The van der Waals surface area contributed by atoms with Crippen molar-refractivity contribution in [3.63, 3.8) is 0 Å². The van der Waals surface area contributed by atoms with Crippen LogP contribution in [0.5, 0.6) is 5.75 Å². The fourth-order valence-corrected chi connectivity index (χ4v) is 2.08. The summed E-state index contributed by atoms with van der Waals surface area (Å²) >= 11 is 5.94. The highest BCUT2D eigenvalue weighted by atomic mass is 35.5. The molecular weight excluding hydrogens is 295 g/mol. The van der Waals surface area contributed by atoms with E-state index in [1.807, 2.05) is 13.8 Å². The molecule has 3 nitrogen and oxygen atoms in total. The summed E-state index contributed by atoms with van der Waals surface area (Å²) in [4.78, 5) is 11.7. The summed E-state index contributed by atoms with van der Waals surface area (Å²) < 4.78 is 39.4. The summed E-state index contributed by atoms with van der Waals surface area (Å²) in [5.41, 5.74) is -0.769. The molecule has 0 saturated carbocycles. The molecule has 7 heteroatoms. The Morgan fingerprint density at radius 3 is 2.50 bits per heavy atom. The summed E-state index contributed by atoms with van der Waals surface area (Å²) in [6.07, 6.45) is 0.632. The monoisotopic (exact) mass is 309 g/mol. The topological polar surface area (TPSA) is 49.3 Å². The van der Waals surface area contributed by atoms with Gasteiger partial charge in [0, 0.05) is 6.54 Å². The summed E-state index contributed by atoms with van der Waals surface area (Å²) in [5.74, 6) is -6.89. The molecule has 0 fully saturated rings. The van der Waals surface area contributed by atoms with Gasteiger partial charge < -0.3 is 10.4 Å². The first kappa shape index (κ1) is 16.6. The number of carbonyl (C=O) groups excluding carboxylic acids is 1. The van der Waals surface area contributed by atoms with Gasteiger partial charge in [-0.1, -0.05) is 13.8 Å². The molecule has 1 aromatic rings. The van der Waals surface area contributed by atoms with Crippen LogP contribution in [0.15, 0.2) is 6.07 Å². The molecule has 0 aliphatic rings. The van der Waals surface area contributed by atoms with Crippen LogP contribution in [0.2, 0.25) is 0 Å². The van der Waals surface area contributed by atoms with E-state index in [1.54, 1.807) is 0 Å². The molecule has 0 bridgehead atoms. The van der Waals surface area contributed by atoms with E-state index in [2.05, 4.69) is 5.32 Å². The fourth-order valence-electron chi connectivity index (χ4n) is 1.65. The van der Waals surface area contributed by atoms with Crippen molar-refractivity contribution in [2.45, 2.75) is 25.6 Å².